The van der Waals surface area contributed by atoms with Crippen molar-refractivity contribution in [1.29, 1.82) is 0 Å². The average Bonchev–Trinajstić information content (AvgIpc) is 2.39. The highest BCUT2D eigenvalue weighted by Crippen LogP contribution is 2.27. The second-order valence-corrected chi connectivity index (χ2v) is 5.22. The zero-order valence-electron chi connectivity index (χ0n) is 12.0. The molecule has 0 saturated carbocycles. The first-order valence-corrected chi connectivity index (χ1v) is 6.78. The van der Waals surface area contributed by atoms with E-state index in [9.17, 15) is 9.50 Å². The van der Waals surface area contributed by atoms with Crippen LogP contribution in [0.1, 0.15) is 42.6 Å². The number of phenols is 1. The summed E-state index contributed by atoms with van der Waals surface area (Å²) < 4.78 is 12.9. The average molecular weight is 273 g/mol. The van der Waals surface area contributed by atoms with Crippen LogP contribution in [0.4, 0.5) is 4.39 Å². The van der Waals surface area contributed by atoms with Crippen molar-refractivity contribution in [2.24, 2.45) is 0 Å². The number of nitrogens with one attached hydrogen (secondary N) is 1. The van der Waals surface area contributed by atoms with Gasteiger partial charge in [0.25, 0.3) is 0 Å². The number of hydrogen-bond acceptors (Lipinski definition) is 2. The minimum Gasteiger partial charge on any atom is -0.508 e. The monoisotopic (exact) mass is 273 g/mol. The summed E-state index contributed by atoms with van der Waals surface area (Å²) in [6.45, 7) is 5.97. The molecule has 0 radical (unpaired) electrons. The van der Waals surface area contributed by atoms with Crippen LogP contribution in [0.3, 0.4) is 0 Å². The van der Waals surface area contributed by atoms with E-state index in [-0.39, 0.29) is 17.9 Å². The molecule has 0 spiro atoms. The Labute approximate surface area is 119 Å². The van der Waals surface area contributed by atoms with Crippen LogP contribution in [0.5, 0.6) is 5.75 Å². The molecule has 0 bridgehead atoms. The molecular weight excluding hydrogens is 253 g/mol. The SMILES string of the molecule is Cc1ccc(C(C)N[C@H](C)c2ccc(F)cc2)c(O)c1. The maximum atomic E-state index is 12.9. The zero-order chi connectivity index (χ0) is 14.7. The van der Waals surface area contributed by atoms with Crippen LogP contribution in [0.15, 0.2) is 42.5 Å². The molecule has 0 aliphatic rings. The second-order valence-electron chi connectivity index (χ2n) is 5.22. The first-order chi connectivity index (χ1) is 9.47. The highest BCUT2D eigenvalue weighted by Gasteiger charge is 2.14. The molecular formula is C17H20FNO. The normalized spacial score (nSPS) is 14.0. The van der Waals surface area contributed by atoms with Gasteiger partial charge < -0.3 is 10.4 Å². The highest BCUT2D eigenvalue weighted by molar-refractivity contribution is 5.38. The van der Waals surface area contributed by atoms with Crippen molar-refractivity contribution in [1.82, 2.24) is 5.32 Å². The lowest BCUT2D eigenvalue weighted by Crippen LogP contribution is -2.22. The van der Waals surface area contributed by atoms with Crippen molar-refractivity contribution in [3.63, 3.8) is 0 Å². The third kappa shape index (κ3) is 3.36. The van der Waals surface area contributed by atoms with Gasteiger partial charge in [-0.1, -0.05) is 24.3 Å². The van der Waals surface area contributed by atoms with Gasteiger partial charge in [-0.3, -0.25) is 0 Å². The Morgan fingerprint density at radius 1 is 1.00 bits per heavy atom. The van der Waals surface area contributed by atoms with Crippen LogP contribution in [-0.2, 0) is 0 Å². The van der Waals surface area contributed by atoms with Crippen LogP contribution in [-0.4, -0.2) is 5.11 Å². The summed E-state index contributed by atoms with van der Waals surface area (Å²) in [5, 5.41) is 13.4. The van der Waals surface area contributed by atoms with Crippen molar-refractivity contribution in [3.05, 3.63) is 65.0 Å². The van der Waals surface area contributed by atoms with E-state index in [1.807, 2.05) is 32.9 Å². The Morgan fingerprint density at radius 3 is 2.25 bits per heavy atom. The van der Waals surface area contributed by atoms with Gasteiger partial charge in [0, 0.05) is 17.6 Å². The smallest absolute Gasteiger partial charge is 0.123 e. The van der Waals surface area contributed by atoms with Crippen molar-refractivity contribution < 1.29 is 9.50 Å². The molecule has 0 aliphatic heterocycles. The summed E-state index contributed by atoms with van der Waals surface area (Å²) >= 11 is 0. The topological polar surface area (TPSA) is 32.3 Å². The molecule has 0 saturated heterocycles. The minimum atomic E-state index is -0.231. The molecule has 106 valence electrons. The highest BCUT2D eigenvalue weighted by atomic mass is 19.1. The van der Waals surface area contributed by atoms with Crippen LogP contribution in [0.2, 0.25) is 0 Å². The van der Waals surface area contributed by atoms with E-state index < -0.39 is 0 Å². The third-order valence-electron chi connectivity index (χ3n) is 3.52. The third-order valence-corrected chi connectivity index (χ3v) is 3.52. The Bertz CT molecular complexity index is 580. The summed E-state index contributed by atoms with van der Waals surface area (Å²) in [6, 6.07) is 12.2. The standard InChI is InChI=1S/C17H20FNO/c1-11-4-9-16(17(20)10-11)13(3)19-12(2)14-5-7-15(18)8-6-14/h4-10,12-13,19-20H,1-3H3/t12-,13?/m1/s1. The van der Waals surface area contributed by atoms with Gasteiger partial charge in [0.05, 0.1) is 0 Å². The van der Waals surface area contributed by atoms with Gasteiger partial charge in [-0.2, -0.15) is 0 Å². The molecule has 2 atom stereocenters. The van der Waals surface area contributed by atoms with E-state index in [0.29, 0.717) is 5.75 Å². The molecule has 2 rings (SSSR count). The van der Waals surface area contributed by atoms with E-state index in [0.717, 1.165) is 16.7 Å². The fourth-order valence-electron chi connectivity index (χ4n) is 2.33. The van der Waals surface area contributed by atoms with Gasteiger partial charge in [-0.15, -0.1) is 0 Å². The molecule has 0 fully saturated rings. The maximum absolute atomic E-state index is 12.9. The molecule has 2 N–H and O–H groups in total. The summed E-state index contributed by atoms with van der Waals surface area (Å²) in [4.78, 5) is 0. The summed E-state index contributed by atoms with van der Waals surface area (Å²) in [5.41, 5.74) is 2.92. The van der Waals surface area contributed by atoms with Crippen LogP contribution >= 0.6 is 0 Å². The summed E-state index contributed by atoms with van der Waals surface area (Å²) in [6.07, 6.45) is 0. The molecule has 0 amide bonds. The number of phenolic OH excluding ortho intramolecular Hbond substituents is 1. The second kappa shape index (κ2) is 6.06. The lowest BCUT2D eigenvalue weighted by molar-refractivity contribution is 0.438. The lowest BCUT2D eigenvalue weighted by Gasteiger charge is -2.21. The molecule has 20 heavy (non-hydrogen) atoms. The molecule has 2 aromatic rings. The number of aromatic hydroxyl groups is 1. The number of hydrogen-bond donors (Lipinski definition) is 2. The molecule has 0 heterocycles. The Balaban J connectivity index is 2.10. The van der Waals surface area contributed by atoms with E-state index >= 15 is 0 Å². The fraction of sp³-hybridized carbons (Fsp3) is 0.294. The molecule has 2 aromatic carbocycles. The van der Waals surface area contributed by atoms with Crippen LogP contribution < -0.4 is 5.32 Å². The Morgan fingerprint density at radius 2 is 1.65 bits per heavy atom. The first-order valence-electron chi connectivity index (χ1n) is 6.78. The van der Waals surface area contributed by atoms with Crippen LogP contribution in [0.25, 0.3) is 0 Å². The summed E-state index contributed by atoms with van der Waals surface area (Å²) in [7, 11) is 0. The molecule has 2 nitrogen and oxygen atoms in total. The number of halogens is 1. The van der Waals surface area contributed by atoms with E-state index in [2.05, 4.69) is 5.32 Å². The van der Waals surface area contributed by atoms with Gasteiger partial charge in [-0.25, -0.2) is 4.39 Å². The Kier molecular flexibility index (Phi) is 4.40. The number of rotatable bonds is 4. The van der Waals surface area contributed by atoms with E-state index in [1.54, 1.807) is 18.2 Å². The van der Waals surface area contributed by atoms with Gasteiger partial charge in [0.15, 0.2) is 0 Å². The molecule has 0 aliphatic carbocycles. The van der Waals surface area contributed by atoms with Gasteiger partial charge >= 0.3 is 0 Å². The van der Waals surface area contributed by atoms with Gasteiger partial charge in [0.2, 0.25) is 0 Å². The van der Waals surface area contributed by atoms with E-state index in [1.165, 1.54) is 12.1 Å². The fourth-order valence-corrected chi connectivity index (χ4v) is 2.33. The van der Waals surface area contributed by atoms with E-state index in [4.69, 9.17) is 0 Å². The maximum Gasteiger partial charge on any atom is 0.123 e. The summed E-state index contributed by atoms with van der Waals surface area (Å²) in [5.74, 6) is 0.0708. The predicted octanol–water partition coefficient (Wildman–Crippen LogP) is 4.25. The predicted molar refractivity (Wildman–Crippen MR) is 79.2 cm³/mol. The van der Waals surface area contributed by atoms with Crippen molar-refractivity contribution in [2.45, 2.75) is 32.9 Å². The molecule has 3 heteroatoms. The lowest BCUT2D eigenvalue weighted by atomic mass is 10.0. The number of aryl methyl sites for hydroxylation is 1. The Hall–Kier alpha value is -1.87. The molecule has 1 unspecified atom stereocenters. The van der Waals surface area contributed by atoms with Crippen molar-refractivity contribution in [3.8, 4) is 5.75 Å². The van der Waals surface area contributed by atoms with Gasteiger partial charge in [-0.05, 0) is 50.1 Å². The van der Waals surface area contributed by atoms with Crippen molar-refractivity contribution >= 4 is 0 Å². The number of benzene rings is 2. The zero-order valence-corrected chi connectivity index (χ0v) is 12.0. The van der Waals surface area contributed by atoms with Crippen LogP contribution in [0, 0.1) is 12.7 Å². The van der Waals surface area contributed by atoms with Crippen molar-refractivity contribution in [2.75, 3.05) is 0 Å². The largest absolute Gasteiger partial charge is 0.508 e. The minimum absolute atomic E-state index is 0.00986. The molecule has 0 aromatic heterocycles. The quantitative estimate of drug-likeness (QED) is 0.872. The van der Waals surface area contributed by atoms with Gasteiger partial charge in [0.1, 0.15) is 11.6 Å². The first kappa shape index (κ1) is 14.5.